The molecule has 0 spiro atoms. The minimum Gasteiger partial charge on any atom is -0.481 e. The minimum atomic E-state index is -0.728. The fourth-order valence-electron chi connectivity index (χ4n) is 2.53. The zero-order valence-corrected chi connectivity index (χ0v) is 13.2. The Labute approximate surface area is 126 Å². The van der Waals surface area contributed by atoms with E-state index in [0.29, 0.717) is 18.5 Å². The molecule has 0 fully saturated rings. The average molecular weight is 298 g/mol. The summed E-state index contributed by atoms with van der Waals surface area (Å²) in [7, 11) is 0. The van der Waals surface area contributed by atoms with Gasteiger partial charge in [0, 0.05) is 23.5 Å². The van der Waals surface area contributed by atoms with Crippen molar-refractivity contribution in [1.82, 2.24) is 4.90 Å². The number of aliphatic carboxylic acids is 1. The lowest BCUT2D eigenvalue weighted by molar-refractivity contribution is -0.137. The fourth-order valence-corrected chi connectivity index (χ4v) is 2.66. The Kier molecular flexibility index (Phi) is 7.03. The highest BCUT2D eigenvalue weighted by molar-refractivity contribution is 6.30. The van der Waals surface area contributed by atoms with Crippen LogP contribution in [-0.4, -0.2) is 28.6 Å². The highest BCUT2D eigenvalue weighted by Crippen LogP contribution is 2.27. The van der Waals surface area contributed by atoms with Crippen molar-refractivity contribution in [3.63, 3.8) is 0 Å². The molecule has 1 rings (SSSR count). The van der Waals surface area contributed by atoms with E-state index in [-0.39, 0.29) is 6.42 Å². The standard InChI is InChI=1S/C16H24ClNO2/c1-4-15(13-7-9-14(17)10-8-13)18(12(2)3)11-5-6-16(19)20/h7-10,12,15H,4-6,11H2,1-3H3,(H,19,20). The average Bonchev–Trinajstić information content (AvgIpc) is 2.39. The molecule has 0 aromatic heterocycles. The van der Waals surface area contributed by atoms with Crippen LogP contribution >= 0.6 is 11.6 Å². The molecule has 0 radical (unpaired) electrons. The third-order valence-electron chi connectivity index (χ3n) is 3.51. The van der Waals surface area contributed by atoms with Gasteiger partial charge in [0.15, 0.2) is 0 Å². The second kappa shape index (κ2) is 8.28. The molecule has 4 heteroatoms. The van der Waals surface area contributed by atoms with Gasteiger partial charge in [0.25, 0.3) is 0 Å². The maximum absolute atomic E-state index is 10.7. The summed E-state index contributed by atoms with van der Waals surface area (Å²) < 4.78 is 0. The molecule has 0 saturated heterocycles. The van der Waals surface area contributed by atoms with Crippen LogP contribution in [0, 0.1) is 0 Å². The van der Waals surface area contributed by atoms with Gasteiger partial charge in [0.1, 0.15) is 0 Å². The summed E-state index contributed by atoms with van der Waals surface area (Å²) in [6.45, 7) is 7.26. The van der Waals surface area contributed by atoms with Crippen LogP contribution in [-0.2, 0) is 4.79 Å². The number of hydrogen-bond donors (Lipinski definition) is 1. The summed E-state index contributed by atoms with van der Waals surface area (Å²) >= 11 is 5.94. The first-order chi connectivity index (χ1) is 9.45. The lowest BCUT2D eigenvalue weighted by atomic mass is 10.0. The molecule has 0 saturated carbocycles. The van der Waals surface area contributed by atoms with Gasteiger partial charge in [-0.1, -0.05) is 30.7 Å². The van der Waals surface area contributed by atoms with Gasteiger partial charge in [-0.05, 0) is 50.9 Å². The van der Waals surface area contributed by atoms with Gasteiger partial charge in [0.05, 0.1) is 0 Å². The summed E-state index contributed by atoms with van der Waals surface area (Å²) in [5, 5.41) is 9.52. The predicted octanol–water partition coefficient (Wildman–Crippen LogP) is 4.37. The van der Waals surface area contributed by atoms with Crippen LogP contribution in [0.1, 0.15) is 51.6 Å². The topological polar surface area (TPSA) is 40.5 Å². The van der Waals surface area contributed by atoms with Crippen LogP contribution in [0.25, 0.3) is 0 Å². The maximum atomic E-state index is 10.7. The van der Waals surface area contributed by atoms with Gasteiger partial charge in [-0.15, -0.1) is 0 Å². The van der Waals surface area contributed by atoms with E-state index in [1.54, 1.807) is 0 Å². The monoisotopic (exact) mass is 297 g/mol. The zero-order chi connectivity index (χ0) is 15.1. The molecule has 20 heavy (non-hydrogen) atoms. The maximum Gasteiger partial charge on any atom is 0.303 e. The predicted molar refractivity (Wildman–Crippen MR) is 83.2 cm³/mol. The lowest BCUT2D eigenvalue weighted by Gasteiger charge is -2.35. The van der Waals surface area contributed by atoms with Crippen LogP contribution in [0.2, 0.25) is 5.02 Å². The van der Waals surface area contributed by atoms with Crippen LogP contribution < -0.4 is 0 Å². The highest BCUT2D eigenvalue weighted by atomic mass is 35.5. The van der Waals surface area contributed by atoms with Crippen LogP contribution in [0.15, 0.2) is 24.3 Å². The molecule has 1 atom stereocenters. The Morgan fingerprint density at radius 1 is 1.30 bits per heavy atom. The molecule has 0 bridgehead atoms. The van der Waals surface area contributed by atoms with Crippen molar-refractivity contribution < 1.29 is 9.90 Å². The van der Waals surface area contributed by atoms with E-state index >= 15 is 0 Å². The Bertz CT molecular complexity index is 417. The van der Waals surface area contributed by atoms with E-state index in [4.69, 9.17) is 16.7 Å². The van der Waals surface area contributed by atoms with E-state index in [9.17, 15) is 4.79 Å². The Balaban J connectivity index is 2.80. The first-order valence-corrected chi connectivity index (χ1v) is 7.56. The number of benzene rings is 1. The first-order valence-electron chi connectivity index (χ1n) is 7.18. The zero-order valence-electron chi connectivity index (χ0n) is 12.5. The van der Waals surface area contributed by atoms with Gasteiger partial charge in [-0.3, -0.25) is 9.69 Å². The molecule has 0 amide bonds. The van der Waals surface area contributed by atoms with Crippen LogP contribution in [0.4, 0.5) is 0 Å². The van der Waals surface area contributed by atoms with E-state index in [2.05, 4.69) is 37.8 Å². The smallest absolute Gasteiger partial charge is 0.303 e. The van der Waals surface area contributed by atoms with Crippen molar-refractivity contribution >= 4 is 17.6 Å². The Morgan fingerprint density at radius 2 is 1.90 bits per heavy atom. The Morgan fingerprint density at radius 3 is 2.35 bits per heavy atom. The van der Waals surface area contributed by atoms with Gasteiger partial charge in [0.2, 0.25) is 0 Å². The third kappa shape index (κ3) is 5.14. The second-order valence-electron chi connectivity index (χ2n) is 5.30. The van der Waals surface area contributed by atoms with Gasteiger partial charge in [-0.2, -0.15) is 0 Å². The van der Waals surface area contributed by atoms with Gasteiger partial charge >= 0.3 is 5.97 Å². The fraction of sp³-hybridized carbons (Fsp3) is 0.562. The molecule has 3 nitrogen and oxygen atoms in total. The molecule has 112 valence electrons. The molecular formula is C16H24ClNO2. The molecule has 0 aliphatic carbocycles. The van der Waals surface area contributed by atoms with Gasteiger partial charge < -0.3 is 5.11 Å². The number of hydrogen-bond acceptors (Lipinski definition) is 2. The molecular weight excluding hydrogens is 274 g/mol. The molecule has 0 aliphatic heterocycles. The van der Waals surface area contributed by atoms with E-state index in [0.717, 1.165) is 18.0 Å². The summed E-state index contributed by atoms with van der Waals surface area (Å²) in [4.78, 5) is 13.0. The summed E-state index contributed by atoms with van der Waals surface area (Å²) in [5.41, 5.74) is 1.24. The Hall–Kier alpha value is -1.06. The largest absolute Gasteiger partial charge is 0.481 e. The second-order valence-corrected chi connectivity index (χ2v) is 5.74. The van der Waals surface area contributed by atoms with Gasteiger partial charge in [-0.25, -0.2) is 0 Å². The number of halogens is 1. The van der Waals surface area contributed by atoms with Crippen LogP contribution in [0.5, 0.6) is 0 Å². The third-order valence-corrected chi connectivity index (χ3v) is 3.76. The van der Waals surface area contributed by atoms with E-state index < -0.39 is 5.97 Å². The van der Waals surface area contributed by atoms with Crippen molar-refractivity contribution in [2.24, 2.45) is 0 Å². The van der Waals surface area contributed by atoms with Crippen molar-refractivity contribution in [1.29, 1.82) is 0 Å². The lowest BCUT2D eigenvalue weighted by Crippen LogP contribution is -2.35. The summed E-state index contributed by atoms with van der Waals surface area (Å²) in [6.07, 6.45) is 1.89. The summed E-state index contributed by atoms with van der Waals surface area (Å²) in [5.74, 6) is -0.728. The molecule has 0 heterocycles. The first kappa shape index (κ1) is 17.0. The number of nitrogens with zero attached hydrogens (tertiary/aromatic N) is 1. The van der Waals surface area contributed by atoms with Crippen molar-refractivity contribution in [2.45, 2.75) is 52.1 Å². The molecule has 1 aromatic rings. The number of carboxylic acids is 1. The van der Waals surface area contributed by atoms with E-state index in [1.807, 2.05) is 12.1 Å². The minimum absolute atomic E-state index is 0.222. The number of carboxylic acid groups (broad SMARTS) is 1. The van der Waals surface area contributed by atoms with Crippen molar-refractivity contribution in [2.75, 3.05) is 6.54 Å². The number of rotatable bonds is 8. The molecule has 1 N–H and O–H groups in total. The van der Waals surface area contributed by atoms with Crippen molar-refractivity contribution in [3.8, 4) is 0 Å². The summed E-state index contributed by atoms with van der Waals surface area (Å²) in [6, 6.07) is 8.63. The van der Waals surface area contributed by atoms with Crippen LogP contribution in [0.3, 0.4) is 0 Å². The highest BCUT2D eigenvalue weighted by Gasteiger charge is 2.21. The quantitative estimate of drug-likeness (QED) is 0.775. The molecule has 0 aliphatic rings. The SMILES string of the molecule is CCC(c1ccc(Cl)cc1)N(CCCC(=O)O)C(C)C. The number of carbonyl (C=O) groups is 1. The molecule has 1 aromatic carbocycles. The van der Waals surface area contributed by atoms with Crippen molar-refractivity contribution in [3.05, 3.63) is 34.9 Å². The van der Waals surface area contributed by atoms with E-state index in [1.165, 1.54) is 5.56 Å². The normalized spacial score (nSPS) is 12.9. The molecule has 1 unspecified atom stereocenters.